The molecule has 0 unspecified atom stereocenters. The molecule has 0 bridgehead atoms. The van der Waals surface area contributed by atoms with Crippen molar-refractivity contribution in [2.24, 2.45) is 11.1 Å². The lowest BCUT2D eigenvalue weighted by atomic mass is 9.78. The van der Waals surface area contributed by atoms with E-state index >= 15 is 0 Å². The Morgan fingerprint density at radius 1 is 1.28 bits per heavy atom. The van der Waals surface area contributed by atoms with Gasteiger partial charge in [0.1, 0.15) is 0 Å². The largest absolute Gasteiger partial charge is 0.371 e. The maximum Gasteiger partial charge on any atom is 0.0441 e. The average molecular weight is 246 g/mol. The molecule has 2 rings (SSSR count). The van der Waals surface area contributed by atoms with Gasteiger partial charge in [0, 0.05) is 25.3 Å². The van der Waals surface area contributed by atoms with Crippen LogP contribution >= 0.6 is 0 Å². The summed E-state index contributed by atoms with van der Waals surface area (Å²) < 4.78 is 0. The van der Waals surface area contributed by atoms with Gasteiger partial charge in [0.2, 0.25) is 0 Å². The number of aryl methyl sites for hydroxylation is 1. The van der Waals surface area contributed by atoms with Gasteiger partial charge in [-0.25, -0.2) is 0 Å². The van der Waals surface area contributed by atoms with Crippen LogP contribution in [0.25, 0.3) is 0 Å². The van der Waals surface area contributed by atoms with Gasteiger partial charge in [0.25, 0.3) is 0 Å². The Morgan fingerprint density at radius 3 is 2.50 bits per heavy atom. The van der Waals surface area contributed by atoms with Gasteiger partial charge < -0.3 is 10.6 Å². The third kappa shape index (κ3) is 2.54. The van der Waals surface area contributed by atoms with Crippen LogP contribution in [0.1, 0.15) is 44.2 Å². The summed E-state index contributed by atoms with van der Waals surface area (Å²) in [6, 6.07) is 6.47. The number of nitrogens with zero attached hydrogens (tertiary/aromatic N) is 1. The lowest BCUT2D eigenvalue weighted by Gasteiger charge is -2.41. The van der Waals surface area contributed by atoms with Crippen LogP contribution in [0.3, 0.4) is 0 Å². The normalized spacial score (nSPS) is 19.0. The van der Waals surface area contributed by atoms with Crippen LogP contribution in [0.5, 0.6) is 0 Å². The van der Waals surface area contributed by atoms with Gasteiger partial charge in [0.05, 0.1) is 0 Å². The first-order valence-electron chi connectivity index (χ1n) is 7.13. The highest BCUT2D eigenvalue weighted by atomic mass is 15.1. The minimum Gasteiger partial charge on any atom is -0.371 e. The van der Waals surface area contributed by atoms with E-state index in [4.69, 9.17) is 5.73 Å². The summed E-state index contributed by atoms with van der Waals surface area (Å²) >= 11 is 0. The number of benzene rings is 1. The molecule has 1 fully saturated rings. The number of nitrogens with two attached hydrogens (primary N) is 1. The molecule has 0 atom stereocenters. The van der Waals surface area contributed by atoms with Crippen molar-refractivity contribution < 1.29 is 0 Å². The predicted molar refractivity (Wildman–Crippen MR) is 78.9 cm³/mol. The quantitative estimate of drug-likeness (QED) is 0.885. The Morgan fingerprint density at radius 2 is 1.94 bits per heavy atom. The lowest BCUT2D eigenvalue weighted by molar-refractivity contribution is 0.238. The fraction of sp³-hybridized carbons (Fsp3) is 0.625. The van der Waals surface area contributed by atoms with Crippen LogP contribution < -0.4 is 10.6 Å². The third-order valence-electron chi connectivity index (χ3n) is 4.68. The lowest BCUT2D eigenvalue weighted by Crippen LogP contribution is -2.39. The molecule has 0 aliphatic carbocycles. The van der Waals surface area contributed by atoms with Gasteiger partial charge in [-0.05, 0) is 36.3 Å². The van der Waals surface area contributed by atoms with Crippen LogP contribution in [0.15, 0.2) is 18.2 Å². The van der Waals surface area contributed by atoms with Crippen molar-refractivity contribution in [3.8, 4) is 0 Å². The predicted octanol–water partition coefficient (Wildman–Crippen LogP) is 3.47. The highest BCUT2D eigenvalue weighted by Crippen LogP contribution is 2.37. The monoisotopic (exact) mass is 246 g/mol. The smallest absolute Gasteiger partial charge is 0.0441 e. The summed E-state index contributed by atoms with van der Waals surface area (Å²) in [5.41, 5.74) is 10.5. The number of hydrogen-bond acceptors (Lipinski definition) is 2. The van der Waals surface area contributed by atoms with E-state index in [1.54, 1.807) is 0 Å². The van der Waals surface area contributed by atoms with Crippen molar-refractivity contribution >= 4 is 5.69 Å². The Kier molecular flexibility index (Phi) is 3.96. The summed E-state index contributed by atoms with van der Waals surface area (Å²) in [6.45, 7) is 9.91. The van der Waals surface area contributed by atoms with Crippen LogP contribution in [0.2, 0.25) is 0 Å². The van der Waals surface area contributed by atoms with E-state index in [1.807, 2.05) is 0 Å². The number of anilines is 1. The fourth-order valence-electron chi connectivity index (χ4n) is 2.96. The number of rotatable bonds is 3. The van der Waals surface area contributed by atoms with E-state index in [1.165, 1.54) is 49.2 Å². The molecular weight excluding hydrogens is 220 g/mol. The molecule has 100 valence electrons. The Balaban J connectivity index is 2.19. The van der Waals surface area contributed by atoms with Crippen LogP contribution in [0.4, 0.5) is 5.69 Å². The molecule has 0 spiro atoms. The van der Waals surface area contributed by atoms with Crippen LogP contribution in [-0.4, -0.2) is 13.1 Å². The molecule has 0 saturated carbocycles. The molecule has 2 N–H and O–H groups in total. The summed E-state index contributed by atoms with van der Waals surface area (Å²) in [5, 5.41) is 0. The molecule has 1 aromatic rings. The molecule has 1 aromatic carbocycles. The van der Waals surface area contributed by atoms with Crippen molar-refractivity contribution in [3.63, 3.8) is 0 Å². The molecular formula is C16H26N2. The standard InChI is InChI=1S/C16H26N2/c1-4-16(3)8-10-18(11-9-16)15-13(2)6-5-7-14(15)12-17/h5-7H,4,8-12,17H2,1-3H3. The molecule has 2 heteroatoms. The topological polar surface area (TPSA) is 29.3 Å². The number of hydrogen-bond donors (Lipinski definition) is 1. The van der Waals surface area contributed by atoms with E-state index in [-0.39, 0.29) is 0 Å². The maximum atomic E-state index is 5.88. The van der Waals surface area contributed by atoms with E-state index in [9.17, 15) is 0 Å². The molecule has 18 heavy (non-hydrogen) atoms. The van der Waals surface area contributed by atoms with E-state index in [0.717, 1.165) is 0 Å². The van der Waals surface area contributed by atoms with Gasteiger partial charge in [0.15, 0.2) is 0 Å². The Hall–Kier alpha value is -1.02. The molecule has 0 aromatic heterocycles. The molecule has 0 amide bonds. The first kappa shape index (κ1) is 13.4. The average Bonchev–Trinajstić information content (AvgIpc) is 2.40. The second-order valence-corrected chi connectivity index (χ2v) is 5.94. The molecule has 1 aliphatic rings. The summed E-state index contributed by atoms with van der Waals surface area (Å²) in [4.78, 5) is 2.54. The van der Waals surface area contributed by atoms with Gasteiger partial charge in [-0.2, -0.15) is 0 Å². The third-order valence-corrected chi connectivity index (χ3v) is 4.68. The molecule has 1 aliphatic heterocycles. The molecule has 2 nitrogen and oxygen atoms in total. The van der Waals surface area contributed by atoms with Crippen molar-refractivity contribution in [2.75, 3.05) is 18.0 Å². The van der Waals surface area contributed by atoms with Gasteiger partial charge in [-0.3, -0.25) is 0 Å². The van der Waals surface area contributed by atoms with Gasteiger partial charge in [-0.15, -0.1) is 0 Å². The molecule has 1 saturated heterocycles. The van der Waals surface area contributed by atoms with Crippen molar-refractivity contribution in [2.45, 2.75) is 46.6 Å². The fourth-order valence-corrected chi connectivity index (χ4v) is 2.96. The summed E-state index contributed by atoms with van der Waals surface area (Å²) in [5.74, 6) is 0. The maximum absolute atomic E-state index is 5.88. The number of para-hydroxylation sites is 1. The van der Waals surface area contributed by atoms with Gasteiger partial charge in [-0.1, -0.05) is 38.5 Å². The Labute approximate surface area is 111 Å². The van der Waals surface area contributed by atoms with E-state index < -0.39 is 0 Å². The van der Waals surface area contributed by atoms with Crippen LogP contribution in [0, 0.1) is 12.3 Å². The Bertz CT molecular complexity index is 404. The number of piperidine rings is 1. The van der Waals surface area contributed by atoms with Crippen molar-refractivity contribution in [3.05, 3.63) is 29.3 Å². The first-order valence-corrected chi connectivity index (χ1v) is 7.13. The molecule has 1 heterocycles. The first-order chi connectivity index (χ1) is 8.59. The highest BCUT2D eigenvalue weighted by Gasteiger charge is 2.29. The summed E-state index contributed by atoms with van der Waals surface area (Å²) in [7, 11) is 0. The van der Waals surface area contributed by atoms with E-state index in [0.29, 0.717) is 12.0 Å². The van der Waals surface area contributed by atoms with Crippen LogP contribution in [-0.2, 0) is 6.54 Å². The molecule has 0 radical (unpaired) electrons. The second kappa shape index (κ2) is 5.31. The minimum atomic E-state index is 0.544. The zero-order valence-electron chi connectivity index (χ0n) is 12.0. The van der Waals surface area contributed by atoms with E-state index in [2.05, 4.69) is 43.9 Å². The van der Waals surface area contributed by atoms with Crippen molar-refractivity contribution in [1.82, 2.24) is 0 Å². The zero-order valence-corrected chi connectivity index (χ0v) is 12.0. The minimum absolute atomic E-state index is 0.544. The summed E-state index contributed by atoms with van der Waals surface area (Å²) in [6.07, 6.45) is 3.88. The van der Waals surface area contributed by atoms with Crippen molar-refractivity contribution in [1.29, 1.82) is 0 Å². The highest BCUT2D eigenvalue weighted by molar-refractivity contribution is 5.59. The second-order valence-electron chi connectivity index (χ2n) is 5.94. The zero-order chi connectivity index (χ0) is 13.2. The van der Waals surface area contributed by atoms with Gasteiger partial charge >= 0.3 is 0 Å². The SMILES string of the molecule is CCC1(C)CCN(c2c(C)cccc2CN)CC1.